The number of Topliss-reactive ketones (excluding diaryl/α,β-unsaturated/α-hetero) is 1. The fourth-order valence-corrected chi connectivity index (χ4v) is 2.29. The van der Waals surface area contributed by atoms with Crippen LogP contribution >= 0.6 is 11.8 Å². The van der Waals surface area contributed by atoms with Crippen molar-refractivity contribution in [2.24, 2.45) is 4.99 Å². The molecule has 0 saturated heterocycles. The Morgan fingerprint density at radius 1 is 1.33 bits per heavy atom. The summed E-state index contributed by atoms with van der Waals surface area (Å²) in [5.74, 6) is 0.835. The predicted molar refractivity (Wildman–Crippen MR) is 64.2 cm³/mol. The van der Waals surface area contributed by atoms with Gasteiger partial charge >= 0.3 is 0 Å². The maximum atomic E-state index is 11.1. The Morgan fingerprint density at radius 3 is 2.60 bits per heavy atom. The van der Waals surface area contributed by atoms with Gasteiger partial charge in [-0.05, 0) is 6.92 Å². The first kappa shape index (κ1) is 10.2. The van der Waals surface area contributed by atoms with Crippen molar-refractivity contribution < 1.29 is 4.79 Å². The first-order valence-electron chi connectivity index (χ1n) is 4.73. The fraction of sp³-hybridized carbons (Fsp3) is 0.167. The van der Waals surface area contributed by atoms with E-state index in [1.54, 1.807) is 24.9 Å². The van der Waals surface area contributed by atoms with E-state index >= 15 is 0 Å². The molecule has 76 valence electrons. The van der Waals surface area contributed by atoms with Gasteiger partial charge in [-0.2, -0.15) is 0 Å². The second-order valence-electron chi connectivity index (χ2n) is 3.30. The topological polar surface area (TPSA) is 29.4 Å². The lowest BCUT2D eigenvalue weighted by molar-refractivity contribution is -0.113. The Labute approximate surface area is 93.1 Å². The van der Waals surface area contributed by atoms with Crippen LogP contribution in [0.5, 0.6) is 0 Å². The van der Waals surface area contributed by atoms with E-state index in [4.69, 9.17) is 0 Å². The SMILES string of the molecule is CC(=O)C1=CN=C(c2ccccc2)SC1. The van der Waals surface area contributed by atoms with Gasteiger partial charge in [0.15, 0.2) is 5.78 Å². The Bertz CT molecular complexity index is 434. The minimum absolute atomic E-state index is 0.110. The van der Waals surface area contributed by atoms with Gasteiger partial charge in [0.25, 0.3) is 0 Å². The van der Waals surface area contributed by atoms with Crippen LogP contribution in [-0.2, 0) is 4.79 Å². The molecule has 0 aromatic heterocycles. The summed E-state index contributed by atoms with van der Waals surface area (Å²) in [7, 11) is 0. The third-order valence-corrected chi connectivity index (χ3v) is 3.24. The highest BCUT2D eigenvalue weighted by molar-refractivity contribution is 8.14. The third-order valence-electron chi connectivity index (χ3n) is 2.17. The number of rotatable bonds is 2. The molecule has 0 fully saturated rings. The third kappa shape index (κ3) is 2.36. The molecule has 1 aromatic carbocycles. The zero-order valence-corrected chi connectivity index (χ0v) is 9.25. The first-order valence-corrected chi connectivity index (χ1v) is 5.72. The predicted octanol–water partition coefficient (Wildman–Crippen LogP) is 2.65. The number of hydrogen-bond donors (Lipinski definition) is 0. The highest BCUT2D eigenvalue weighted by Gasteiger charge is 2.12. The molecule has 1 aromatic rings. The Hall–Kier alpha value is -1.35. The standard InChI is InChI=1S/C12H11NOS/c1-9(14)11-7-13-12(15-8-11)10-5-3-2-4-6-10/h2-7H,8H2,1H3. The summed E-state index contributed by atoms with van der Waals surface area (Å²) in [5.41, 5.74) is 1.90. The van der Waals surface area contributed by atoms with Crippen molar-refractivity contribution in [3.8, 4) is 0 Å². The van der Waals surface area contributed by atoms with Crippen LogP contribution in [0, 0.1) is 0 Å². The fourth-order valence-electron chi connectivity index (χ4n) is 1.29. The Kier molecular flexibility index (Phi) is 3.02. The monoisotopic (exact) mass is 217 g/mol. The molecule has 0 unspecified atom stereocenters. The summed E-state index contributed by atoms with van der Waals surface area (Å²) in [5, 5.41) is 0.987. The Balaban J connectivity index is 2.25. The lowest BCUT2D eigenvalue weighted by Gasteiger charge is -2.10. The lowest BCUT2D eigenvalue weighted by atomic mass is 10.2. The van der Waals surface area contributed by atoms with E-state index in [-0.39, 0.29) is 5.78 Å². The Morgan fingerprint density at radius 2 is 2.07 bits per heavy atom. The quantitative estimate of drug-likeness (QED) is 0.762. The van der Waals surface area contributed by atoms with Crippen LogP contribution in [0.15, 0.2) is 47.1 Å². The highest BCUT2D eigenvalue weighted by Crippen LogP contribution is 2.21. The molecular weight excluding hydrogens is 206 g/mol. The molecule has 2 nitrogen and oxygen atoms in total. The maximum absolute atomic E-state index is 11.1. The van der Waals surface area contributed by atoms with E-state index < -0.39 is 0 Å². The molecule has 0 radical (unpaired) electrons. The molecule has 0 N–H and O–H groups in total. The molecule has 1 aliphatic rings. The number of carbonyl (C=O) groups is 1. The van der Waals surface area contributed by atoms with Crippen LogP contribution in [0.2, 0.25) is 0 Å². The lowest BCUT2D eigenvalue weighted by Crippen LogP contribution is -2.07. The normalized spacial score (nSPS) is 15.5. The van der Waals surface area contributed by atoms with Crippen molar-refractivity contribution in [2.75, 3.05) is 5.75 Å². The van der Waals surface area contributed by atoms with E-state index in [9.17, 15) is 4.79 Å². The summed E-state index contributed by atoms with van der Waals surface area (Å²) in [6, 6.07) is 10.0. The molecule has 15 heavy (non-hydrogen) atoms. The van der Waals surface area contributed by atoms with Gasteiger partial charge in [0.05, 0.1) is 0 Å². The smallest absolute Gasteiger partial charge is 0.158 e. The van der Waals surface area contributed by atoms with E-state index in [0.717, 1.165) is 21.9 Å². The van der Waals surface area contributed by atoms with Crippen molar-refractivity contribution in [2.45, 2.75) is 6.92 Å². The second kappa shape index (κ2) is 4.45. The van der Waals surface area contributed by atoms with Gasteiger partial charge in [-0.25, -0.2) is 4.99 Å². The van der Waals surface area contributed by atoms with Gasteiger partial charge in [-0.1, -0.05) is 30.3 Å². The number of hydrogen-bond acceptors (Lipinski definition) is 3. The summed E-state index contributed by atoms with van der Waals surface area (Å²) < 4.78 is 0. The molecular formula is C12H11NOS. The van der Waals surface area contributed by atoms with Gasteiger partial charge in [0.1, 0.15) is 5.04 Å². The molecule has 1 aliphatic heterocycles. The van der Waals surface area contributed by atoms with Crippen molar-refractivity contribution in [3.05, 3.63) is 47.7 Å². The number of benzene rings is 1. The number of thioether (sulfide) groups is 1. The van der Waals surface area contributed by atoms with Gasteiger partial charge in [-0.15, -0.1) is 11.8 Å². The summed E-state index contributed by atoms with van der Waals surface area (Å²) in [6.07, 6.45) is 1.68. The second-order valence-corrected chi connectivity index (χ2v) is 4.26. The molecule has 2 rings (SSSR count). The van der Waals surface area contributed by atoms with Gasteiger partial charge in [-0.3, -0.25) is 4.79 Å². The van der Waals surface area contributed by atoms with Crippen molar-refractivity contribution in [3.63, 3.8) is 0 Å². The van der Waals surface area contributed by atoms with E-state index in [1.165, 1.54) is 0 Å². The molecule has 0 bridgehead atoms. The zero-order valence-electron chi connectivity index (χ0n) is 8.43. The number of aliphatic imine (C=N–C) groups is 1. The summed E-state index contributed by atoms with van der Waals surface area (Å²) in [6.45, 7) is 1.58. The number of ketones is 1. The molecule has 0 amide bonds. The largest absolute Gasteiger partial charge is 0.295 e. The number of carbonyl (C=O) groups excluding carboxylic acids is 1. The van der Waals surface area contributed by atoms with Gasteiger partial charge < -0.3 is 0 Å². The molecule has 0 spiro atoms. The summed E-state index contributed by atoms with van der Waals surface area (Å²) in [4.78, 5) is 15.4. The van der Waals surface area contributed by atoms with Gasteiger partial charge in [0, 0.05) is 23.1 Å². The summed E-state index contributed by atoms with van der Waals surface area (Å²) >= 11 is 1.61. The van der Waals surface area contributed by atoms with Crippen LogP contribution < -0.4 is 0 Å². The minimum atomic E-state index is 0.110. The number of nitrogens with zero attached hydrogens (tertiary/aromatic N) is 1. The molecule has 0 saturated carbocycles. The van der Waals surface area contributed by atoms with Gasteiger partial charge in [0.2, 0.25) is 0 Å². The van der Waals surface area contributed by atoms with Crippen LogP contribution in [0.25, 0.3) is 0 Å². The van der Waals surface area contributed by atoms with Crippen LogP contribution in [0.1, 0.15) is 12.5 Å². The maximum Gasteiger partial charge on any atom is 0.158 e. The minimum Gasteiger partial charge on any atom is -0.295 e. The van der Waals surface area contributed by atoms with Crippen LogP contribution in [0.3, 0.4) is 0 Å². The van der Waals surface area contributed by atoms with Crippen LogP contribution in [0.4, 0.5) is 0 Å². The average molecular weight is 217 g/mol. The molecule has 0 atom stereocenters. The van der Waals surface area contributed by atoms with Crippen molar-refractivity contribution in [1.29, 1.82) is 0 Å². The van der Waals surface area contributed by atoms with Crippen molar-refractivity contribution >= 4 is 22.6 Å². The van der Waals surface area contributed by atoms with E-state index in [2.05, 4.69) is 4.99 Å². The molecule has 3 heteroatoms. The zero-order chi connectivity index (χ0) is 10.7. The highest BCUT2D eigenvalue weighted by atomic mass is 32.2. The van der Waals surface area contributed by atoms with E-state index in [0.29, 0.717) is 0 Å². The first-order chi connectivity index (χ1) is 7.27. The molecule has 0 aliphatic carbocycles. The van der Waals surface area contributed by atoms with Crippen LogP contribution in [-0.4, -0.2) is 16.6 Å². The van der Waals surface area contributed by atoms with Crippen molar-refractivity contribution in [1.82, 2.24) is 0 Å². The average Bonchev–Trinajstić information content (AvgIpc) is 2.30. The molecule has 1 heterocycles. The van der Waals surface area contributed by atoms with E-state index in [1.807, 2.05) is 30.3 Å².